The number of carbonyl (C=O) groups is 1. The summed E-state index contributed by atoms with van der Waals surface area (Å²) in [5, 5.41) is 0.808. The van der Waals surface area contributed by atoms with Crippen LogP contribution in [0.4, 0.5) is 0 Å². The Morgan fingerprint density at radius 1 is 1.33 bits per heavy atom. The lowest BCUT2D eigenvalue weighted by molar-refractivity contribution is -0.115. The maximum atomic E-state index is 10.8. The first-order valence-electron chi connectivity index (χ1n) is 3.51. The van der Waals surface area contributed by atoms with E-state index in [4.69, 9.17) is 0 Å². The van der Waals surface area contributed by atoms with Crippen LogP contribution in [0.2, 0.25) is 0 Å². The first-order chi connectivity index (χ1) is 5.86. The summed E-state index contributed by atoms with van der Waals surface area (Å²) in [5.74, 6) is 0.421. The van der Waals surface area contributed by atoms with Crippen molar-refractivity contribution in [3.63, 3.8) is 0 Å². The van der Waals surface area contributed by atoms with Crippen molar-refractivity contribution in [3.8, 4) is 0 Å². The third kappa shape index (κ3) is 1.38. The summed E-state index contributed by atoms with van der Waals surface area (Å²) < 4.78 is 0. The largest absolute Gasteiger partial charge is 0.272 e. The molecule has 0 unspecified atom stereocenters. The van der Waals surface area contributed by atoms with E-state index in [1.165, 1.54) is 11.8 Å². The Kier molecular flexibility index (Phi) is 1.91. The predicted octanol–water partition coefficient (Wildman–Crippen LogP) is 1.10. The van der Waals surface area contributed by atoms with Crippen LogP contribution >= 0.6 is 11.8 Å². The minimum absolute atomic E-state index is 0.0492. The molecule has 1 aliphatic heterocycles. The molecule has 2 heterocycles. The highest BCUT2D eigenvalue weighted by atomic mass is 32.2. The van der Waals surface area contributed by atoms with Gasteiger partial charge in [-0.15, -0.1) is 0 Å². The van der Waals surface area contributed by atoms with Crippen LogP contribution < -0.4 is 0 Å². The second-order valence-electron chi connectivity index (χ2n) is 2.34. The normalized spacial score (nSPS) is 16.3. The molecular formula is C8H6N2OS. The smallest absolute Gasteiger partial charge is 0.257 e. The average molecular weight is 178 g/mol. The third-order valence-corrected chi connectivity index (χ3v) is 2.48. The highest BCUT2D eigenvalue weighted by Crippen LogP contribution is 2.18. The van der Waals surface area contributed by atoms with Crippen LogP contribution in [0.5, 0.6) is 0 Å². The molecule has 12 heavy (non-hydrogen) atoms. The predicted molar refractivity (Wildman–Crippen MR) is 48.2 cm³/mol. The van der Waals surface area contributed by atoms with E-state index in [0.29, 0.717) is 5.75 Å². The van der Waals surface area contributed by atoms with Crippen LogP contribution in [0.1, 0.15) is 5.56 Å². The summed E-state index contributed by atoms with van der Waals surface area (Å²) in [4.78, 5) is 18.6. The van der Waals surface area contributed by atoms with Crippen molar-refractivity contribution in [3.05, 3.63) is 30.1 Å². The Morgan fingerprint density at radius 2 is 2.08 bits per heavy atom. The van der Waals surface area contributed by atoms with Gasteiger partial charge in [-0.2, -0.15) is 0 Å². The van der Waals surface area contributed by atoms with Gasteiger partial charge in [0.2, 0.25) is 0 Å². The molecular weight excluding hydrogens is 172 g/mol. The second kappa shape index (κ2) is 3.06. The van der Waals surface area contributed by atoms with Crippen molar-refractivity contribution < 1.29 is 4.79 Å². The molecule has 0 spiro atoms. The molecule has 0 aliphatic carbocycles. The molecule has 0 saturated heterocycles. The van der Waals surface area contributed by atoms with E-state index in [2.05, 4.69) is 9.98 Å². The lowest BCUT2D eigenvalue weighted by Crippen LogP contribution is -1.90. The lowest BCUT2D eigenvalue weighted by Gasteiger charge is -1.95. The first kappa shape index (κ1) is 7.49. The molecule has 4 heteroatoms. The van der Waals surface area contributed by atoms with Crippen LogP contribution in [-0.2, 0) is 4.79 Å². The molecule has 0 saturated carbocycles. The van der Waals surface area contributed by atoms with E-state index in [0.717, 1.165) is 10.6 Å². The summed E-state index contributed by atoms with van der Waals surface area (Å²) in [6.07, 6.45) is 3.39. The van der Waals surface area contributed by atoms with Gasteiger partial charge in [0.15, 0.2) is 0 Å². The number of aromatic nitrogens is 1. The fraction of sp³-hybridized carbons (Fsp3) is 0.125. The lowest BCUT2D eigenvalue weighted by atomic mass is 10.3. The monoisotopic (exact) mass is 178 g/mol. The number of amides is 1. The summed E-state index contributed by atoms with van der Waals surface area (Å²) in [7, 11) is 0. The highest BCUT2D eigenvalue weighted by Gasteiger charge is 2.15. The molecule has 1 amide bonds. The van der Waals surface area contributed by atoms with Gasteiger partial charge in [0.25, 0.3) is 5.91 Å². The van der Waals surface area contributed by atoms with Gasteiger partial charge >= 0.3 is 0 Å². The topological polar surface area (TPSA) is 42.3 Å². The standard InChI is InChI=1S/C8H6N2OS/c11-7-5-12-8(10-7)6-1-3-9-4-2-6/h1-4H,5H2. The van der Waals surface area contributed by atoms with Gasteiger partial charge in [0, 0.05) is 18.0 Å². The molecule has 1 aliphatic rings. The van der Waals surface area contributed by atoms with Gasteiger partial charge in [0.05, 0.1) is 5.75 Å². The molecule has 0 fully saturated rings. The van der Waals surface area contributed by atoms with Crippen molar-refractivity contribution in [1.82, 2.24) is 4.98 Å². The number of hydrogen-bond donors (Lipinski definition) is 0. The summed E-state index contributed by atoms with van der Waals surface area (Å²) in [6, 6.07) is 3.70. The summed E-state index contributed by atoms with van der Waals surface area (Å²) >= 11 is 1.48. The molecule has 1 aromatic heterocycles. The molecule has 0 atom stereocenters. The fourth-order valence-corrected chi connectivity index (χ4v) is 1.74. The molecule has 0 N–H and O–H groups in total. The van der Waals surface area contributed by atoms with Gasteiger partial charge in [-0.05, 0) is 12.1 Å². The number of nitrogens with zero attached hydrogens (tertiary/aromatic N) is 2. The molecule has 0 aromatic carbocycles. The maximum absolute atomic E-state index is 10.8. The minimum atomic E-state index is -0.0492. The molecule has 3 nitrogen and oxygen atoms in total. The van der Waals surface area contributed by atoms with E-state index in [9.17, 15) is 4.79 Å². The third-order valence-electron chi connectivity index (χ3n) is 1.49. The van der Waals surface area contributed by atoms with Gasteiger partial charge < -0.3 is 0 Å². The van der Waals surface area contributed by atoms with Crippen molar-refractivity contribution >= 4 is 22.7 Å². The van der Waals surface area contributed by atoms with Crippen molar-refractivity contribution in [1.29, 1.82) is 0 Å². The summed E-state index contributed by atoms with van der Waals surface area (Å²) in [5.41, 5.74) is 0.973. The van der Waals surface area contributed by atoms with Crippen LogP contribution in [0.3, 0.4) is 0 Å². The van der Waals surface area contributed by atoms with Crippen LogP contribution in [0.15, 0.2) is 29.5 Å². The number of rotatable bonds is 1. The van der Waals surface area contributed by atoms with Crippen LogP contribution in [0, 0.1) is 0 Å². The molecule has 1 aromatic rings. The zero-order valence-corrected chi connectivity index (χ0v) is 7.04. The van der Waals surface area contributed by atoms with Gasteiger partial charge in [-0.3, -0.25) is 9.78 Å². The van der Waals surface area contributed by atoms with E-state index >= 15 is 0 Å². The average Bonchev–Trinajstić information content (AvgIpc) is 2.54. The number of hydrogen-bond acceptors (Lipinski definition) is 3. The van der Waals surface area contributed by atoms with E-state index in [-0.39, 0.29) is 5.91 Å². The zero-order valence-electron chi connectivity index (χ0n) is 6.23. The van der Waals surface area contributed by atoms with E-state index < -0.39 is 0 Å². The Morgan fingerprint density at radius 3 is 2.67 bits per heavy atom. The quantitative estimate of drug-likeness (QED) is 0.646. The van der Waals surface area contributed by atoms with Gasteiger partial charge in [0.1, 0.15) is 5.04 Å². The number of thioether (sulfide) groups is 1. The zero-order chi connectivity index (χ0) is 8.39. The highest BCUT2D eigenvalue weighted by molar-refractivity contribution is 8.15. The Hall–Kier alpha value is -1.16. The second-order valence-corrected chi connectivity index (χ2v) is 3.30. The van der Waals surface area contributed by atoms with Gasteiger partial charge in [-0.1, -0.05) is 11.8 Å². The maximum Gasteiger partial charge on any atom is 0.257 e. The molecule has 60 valence electrons. The number of carbonyl (C=O) groups excluding carboxylic acids is 1. The first-order valence-corrected chi connectivity index (χ1v) is 4.49. The minimum Gasteiger partial charge on any atom is -0.272 e. The number of aliphatic imine (C=N–C) groups is 1. The Bertz CT molecular complexity index is 334. The Balaban J connectivity index is 2.33. The van der Waals surface area contributed by atoms with Crippen molar-refractivity contribution in [2.24, 2.45) is 4.99 Å². The molecule has 0 radical (unpaired) electrons. The van der Waals surface area contributed by atoms with E-state index in [1.54, 1.807) is 12.4 Å². The molecule has 0 bridgehead atoms. The van der Waals surface area contributed by atoms with Crippen LogP contribution in [-0.4, -0.2) is 21.7 Å². The summed E-state index contributed by atoms with van der Waals surface area (Å²) in [6.45, 7) is 0. The van der Waals surface area contributed by atoms with Crippen LogP contribution in [0.25, 0.3) is 0 Å². The molecule has 2 rings (SSSR count). The van der Waals surface area contributed by atoms with Crippen molar-refractivity contribution in [2.45, 2.75) is 0 Å². The number of pyridine rings is 1. The SMILES string of the molecule is O=C1CSC(c2ccncc2)=N1. The van der Waals surface area contributed by atoms with Crippen molar-refractivity contribution in [2.75, 3.05) is 5.75 Å². The van der Waals surface area contributed by atoms with E-state index in [1.807, 2.05) is 12.1 Å². The fourth-order valence-electron chi connectivity index (χ4n) is 0.950. The van der Waals surface area contributed by atoms with Gasteiger partial charge in [-0.25, -0.2) is 4.99 Å². The Labute approximate surface area is 73.9 Å².